The average Bonchev–Trinajstić information content (AvgIpc) is 1.54. The van der Waals surface area contributed by atoms with Crippen molar-refractivity contribution >= 4 is 130 Å². The van der Waals surface area contributed by atoms with Gasteiger partial charge in [0.05, 0.1) is 126 Å². The molecule has 0 unspecified atom stereocenters. The van der Waals surface area contributed by atoms with Crippen molar-refractivity contribution in [1.82, 2.24) is 18.3 Å². The van der Waals surface area contributed by atoms with Crippen molar-refractivity contribution in [3.8, 4) is 92.5 Å². The molecule has 0 saturated heterocycles. The zero-order valence-corrected chi connectivity index (χ0v) is 58.5. The van der Waals surface area contributed by atoms with Crippen molar-refractivity contribution in [1.29, 1.82) is 31.6 Å². The van der Waals surface area contributed by atoms with Crippen LogP contribution in [0.1, 0.15) is 58.4 Å². The van der Waals surface area contributed by atoms with E-state index < -0.39 is 0 Å². The zero-order valence-electron chi connectivity index (χ0n) is 57.7. The fourth-order valence-corrected chi connectivity index (χ4v) is 18.4. The van der Waals surface area contributed by atoms with E-state index in [1.807, 2.05) is 149 Å². The molecule has 5 aromatic heterocycles. The summed E-state index contributed by atoms with van der Waals surface area (Å²) < 4.78 is 10.8. The molecule has 1 aliphatic carbocycles. The summed E-state index contributed by atoms with van der Waals surface area (Å²) >= 11 is 1.77. The first kappa shape index (κ1) is 63.4. The van der Waals surface area contributed by atoms with E-state index in [1.165, 1.54) is 54.6 Å². The van der Waals surface area contributed by atoms with Crippen LogP contribution in [0.3, 0.4) is 0 Å². The second-order valence-electron chi connectivity index (χ2n) is 27.4. The molecule has 12 nitrogen and oxygen atoms in total. The van der Waals surface area contributed by atoms with Crippen molar-refractivity contribution < 1.29 is 0 Å². The molecule has 1 aliphatic rings. The van der Waals surface area contributed by atoms with E-state index in [4.69, 9.17) is 13.1 Å². The molecule has 0 fully saturated rings. The summed E-state index contributed by atoms with van der Waals surface area (Å²) in [5.74, 6) is 0. The highest BCUT2D eigenvalue weighted by Gasteiger charge is 2.39. The SMILES string of the molecule is [C-]#[N+]c1cc(C#N)c(C#N)c(-c2ccc(-n3c4ccccc4c4c5c(ccc43)-c3ccccc3C5(C)C)c(C#N)c2)c1-n1c2ccccc2c2ccccc21.[C-]#[N+]c1cc(C#N)c(C#N)c(-c2ccc(-n3c4ccccc4c4c5c(ccc43)sc3ccccc35)c(C#N)c2)c1-n1c2ccccc2c2ccccc21. The molecule has 108 heavy (non-hydrogen) atoms. The summed E-state index contributed by atoms with van der Waals surface area (Å²) in [6, 6.07) is 102. The highest BCUT2D eigenvalue weighted by molar-refractivity contribution is 7.26. The number of hydrogen-bond donors (Lipinski definition) is 0. The molecule has 0 bridgehead atoms. The summed E-state index contributed by atoms with van der Waals surface area (Å²) in [5.41, 5.74) is 18.3. The van der Waals surface area contributed by atoms with Gasteiger partial charge in [-0.05, 0) is 130 Å². The van der Waals surface area contributed by atoms with E-state index in [-0.39, 0.29) is 39.0 Å². The number of nitrogens with zero attached hydrogens (tertiary/aromatic N) is 12. The maximum Gasteiger partial charge on any atom is 0.212 e. The van der Waals surface area contributed by atoms with Gasteiger partial charge >= 0.3 is 0 Å². The van der Waals surface area contributed by atoms with Crippen molar-refractivity contribution in [3.63, 3.8) is 0 Å². The van der Waals surface area contributed by atoms with Crippen LogP contribution in [0.2, 0.25) is 0 Å². The summed E-state index contributed by atoms with van der Waals surface area (Å²) in [7, 11) is 0. The molecule has 0 amide bonds. The molecular weight excluding hydrogens is 1340 g/mol. The van der Waals surface area contributed by atoms with Gasteiger partial charge in [0.1, 0.15) is 24.3 Å². The van der Waals surface area contributed by atoms with E-state index in [1.54, 1.807) is 23.5 Å². The third-order valence-corrected chi connectivity index (χ3v) is 22.8. The van der Waals surface area contributed by atoms with Crippen LogP contribution >= 0.6 is 11.3 Å². The van der Waals surface area contributed by atoms with Gasteiger partial charge in [0, 0.05) is 79.8 Å². The molecule has 0 spiro atoms. The monoisotopic (exact) mass is 1390 g/mol. The first-order valence-corrected chi connectivity index (χ1v) is 35.7. The molecule has 496 valence electrons. The minimum absolute atomic E-state index is 0.106. The highest BCUT2D eigenvalue weighted by Crippen LogP contribution is 2.55. The first-order valence-electron chi connectivity index (χ1n) is 34.9. The molecule has 5 heterocycles. The first-order chi connectivity index (χ1) is 53.0. The van der Waals surface area contributed by atoms with Gasteiger partial charge in [-0.2, -0.15) is 31.6 Å². The van der Waals surface area contributed by atoms with Crippen LogP contribution < -0.4 is 0 Å². The summed E-state index contributed by atoms with van der Waals surface area (Å²) in [6.45, 7) is 21.2. The van der Waals surface area contributed by atoms with E-state index >= 15 is 0 Å². The predicted molar refractivity (Wildman–Crippen MR) is 432 cm³/mol. The molecule has 13 heteroatoms. The fourth-order valence-electron chi connectivity index (χ4n) is 17.3. The van der Waals surface area contributed by atoms with Gasteiger partial charge in [0.2, 0.25) is 11.4 Å². The predicted octanol–water partition coefficient (Wildman–Crippen LogP) is 24.1. The lowest BCUT2D eigenvalue weighted by Gasteiger charge is -2.22. The molecule has 0 radical (unpaired) electrons. The Bertz CT molecular complexity index is 7550. The minimum Gasteiger partial charge on any atom is -0.318 e. The third-order valence-electron chi connectivity index (χ3n) is 21.7. The van der Waals surface area contributed by atoms with Crippen LogP contribution in [-0.4, -0.2) is 18.3 Å². The minimum atomic E-state index is -0.244. The largest absolute Gasteiger partial charge is 0.318 e. The number of benzene rings is 14. The van der Waals surface area contributed by atoms with Gasteiger partial charge in [-0.25, -0.2) is 9.69 Å². The van der Waals surface area contributed by atoms with Crippen molar-refractivity contribution in [2.24, 2.45) is 0 Å². The van der Waals surface area contributed by atoms with Gasteiger partial charge in [-0.1, -0.05) is 184 Å². The second kappa shape index (κ2) is 24.3. The Kier molecular flexibility index (Phi) is 14.2. The third kappa shape index (κ3) is 8.94. The van der Waals surface area contributed by atoms with Crippen LogP contribution in [0, 0.1) is 81.1 Å². The van der Waals surface area contributed by atoms with Crippen LogP contribution in [0.4, 0.5) is 11.4 Å². The molecule has 0 aliphatic heterocycles. The Morgan fingerprint density at radius 2 is 0.713 bits per heavy atom. The van der Waals surface area contributed by atoms with Crippen LogP contribution in [0.5, 0.6) is 0 Å². The maximum absolute atomic E-state index is 10.9. The normalized spacial score (nSPS) is 12.0. The molecule has 20 rings (SSSR count). The number of para-hydroxylation sites is 6. The summed E-state index contributed by atoms with van der Waals surface area (Å²) in [5, 5.41) is 74.5. The van der Waals surface area contributed by atoms with Gasteiger partial charge in [0.15, 0.2) is 0 Å². The maximum atomic E-state index is 10.9. The standard InChI is InChI=1S/C49H28N6.C46H22N6S/c1-49(2)38-16-8-4-12-32(38)35-21-23-44-46(47(35)49)36-15-7-11-19-43(36)54(44)40-22-20-29(24-31(40)27-51)45-37(28-52)30(26-50)25-39(53-3)48(45)55-41-17-9-5-13-33(41)34-14-6-10-18-42(34)55;1-50-35-23-28(24-47)34(26-49)43(46(35)52-37-14-6-2-10-30(37)31-11-3-7-15-38(31)52)27-18-19-36(29(22-27)25-48)51-39-16-8-4-12-32(39)44-40(51)20-21-42-45(44)33-13-5-9-17-41(33)53-42/h4-25H,1-2H3;2-23H. The molecule has 0 saturated carbocycles. The lowest BCUT2D eigenvalue weighted by molar-refractivity contribution is 0.666. The molecular formula is C95H50N12S. The van der Waals surface area contributed by atoms with E-state index in [2.05, 4.69) is 172 Å². The molecule has 19 aromatic rings. The molecule has 0 atom stereocenters. The number of rotatable bonds is 6. The Hall–Kier alpha value is -15.6. The summed E-state index contributed by atoms with van der Waals surface area (Å²) in [6.07, 6.45) is 0. The Balaban J connectivity index is 0.000000147. The van der Waals surface area contributed by atoms with Crippen molar-refractivity contribution in [2.45, 2.75) is 19.3 Å². The number of fused-ring (bicyclic) bond motifs is 20. The average molecular weight is 1390 g/mol. The van der Waals surface area contributed by atoms with E-state index in [0.717, 1.165) is 87.2 Å². The Morgan fingerprint density at radius 3 is 1.17 bits per heavy atom. The van der Waals surface area contributed by atoms with Gasteiger partial charge in [0.25, 0.3) is 0 Å². The van der Waals surface area contributed by atoms with Crippen LogP contribution in [-0.2, 0) is 5.41 Å². The highest BCUT2D eigenvalue weighted by atomic mass is 32.1. The number of thiophene rings is 1. The Labute approximate surface area is 622 Å². The van der Waals surface area contributed by atoms with Crippen LogP contribution in [0.25, 0.3) is 173 Å². The van der Waals surface area contributed by atoms with Crippen molar-refractivity contribution in [3.05, 3.63) is 334 Å². The lowest BCUT2D eigenvalue weighted by Crippen LogP contribution is -2.15. The molecule has 14 aromatic carbocycles. The van der Waals surface area contributed by atoms with Gasteiger partial charge in [-0.15, -0.1) is 11.3 Å². The van der Waals surface area contributed by atoms with Crippen molar-refractivity contribution in [2.75, 3.05) is 0 Å². The quantitative estimate of drug-likeness (QED) is 0.150. The Morgan fingerprint density at radius 1 is 0.324 bits per heavy atom. The second-order valence-corrected chi connectivity index (χ2v) is 28.5. The van der Waals surface area contributed by atoms with Crippen LogP contribution in [0.15, 0.2) is 267 Å². The summed E-state index contributed by atoms with van der Waals surface area (Å²) in [4.78, 5) is 7.86. The van der Waals surface area contributed by atoms with Gasteiger partial charge < -0.3 is 18.3 Å². The molecule has 0 N–H and O–H groups in total. The smallest absolute Gasteiger partial charge is 0.212 e. The zero-order chi connectivity index (χ0) is 73.4. The van der Waals surface area contributed by atoms with E-state index in [0.29, 0.717) is 56.1 Å². The van der Waals surface area contributed by atoms with E-state index in [9.17, 15) is 31.6 Å². The number of nitriles is 6. The fraction of sp³-hybridized carbons (Fsp3) is 0.0316. The topological polar surface area (TPSA) is 171 Å². The van der Waals surface area contributed by atoms with Gasteiger partial charge in [-0.3, -0.25) is 0 Å². The number of hydrogen-bond acceptors (Lipinski definition) is 7. The number of aromatic nitrogens is 4. The lowest BCUT2D eigenvalue weighted by atomic mass is 9.80.